The van der Waals surface area contributed by atoms with Crippen molar-refractivity contribution < 1.29 is 9.53 Å². The molecule has 0 aliphatic carbocycles. The fourth-order valence-electron chi connectivity index (χ4n) is 1.71. The smallest absolute Gasteiger partial charge is 0.227 e. The highest BCUT2D eigenvalue weighted by Gasteiger charge is 2.31. The molecule has 1 aromatic rings. The van der Waals surface area contributed by atoms with Gasteiger partial charge in [0.25, 0.3) is 0 Å². The van der Waals surface area contributed by atoms with Crippen molar-refractivity contribution in [1.29, 1.82) is 0 Å². The molecule has 0 radical (unpaired) electrons. The average Bonchev–Trinajstić information content (AvgIpc) is 2.84. The maximum atomic E-state index is 11.7. The molecule has 6 nitrogen and oxygen atoms in total. The quantitative estimate of drug-likeness (QED) is 0.690. The zero-order valence-corrected chi connectivity index (χ0v) is 9.22. The van der Waals surface area contributed by atoms with Crippen LogP contribution < -0.4 is 11.1 Å². The van der Waals surface area contributed by atoms with Crippen molar-refractivity contribution in [2.45, 2.75) is 12.6 Å². The Bertz CT molecular complexity index is 377. The van der Waals surface area contributed by atoms with E-state index in [0.717, 1.165) is 5.69 Å². The summed E-state index contributed by atoms with van der Waals surface area (Å²) in [4.78, 5) is 11.7. The van der Waals surface area contributed by atoms with Crippen LogP contribution in [0.15, 0.2) is 12.3 Å². The molecule has 6 heteroatoms. The van der Waals surface area contributed by atoms with Crippen LogP contribution in [0.2, 0.25) is 0 Å². The predicted octanol–water partition coefficient (Wildman–Crippen LogP) is -0.990. The van der Waals surface area contributed by atoms with Gasteiger partial charge in [0.05, 0.1) is 31.4 Å². The van der Waals surface area contributed by atoms with Crippen LogP contribution in [-0.4, -0.2) is 34.9 Å². The average molecular weight is 224 g/mol. The van der Waals surface area contributed by atoms with Crippen molar-refractivity contribution in [1.82, 2.24) is 15.1 Å². The number of nitrogens with two attached hydrogens (primary N) is 1. The molecule has 1 aromatic heterocycles. The molecule has 1 aliphatic heterocycles. The summed E-state index contributed by atoms with van der Waals surface area (Å²) in [5.41, 5.74) is 6.58. The second-order valence-electron chi connectivity index (χ2n) is 4.01. The summed E-state index contributed by atoms with van der Waals surface area (Å²) in [6.07, 6.45) is 1.84. The van der Waals surface area contributed by atoms with Crippen LogP contribution in [-0.2, 0) is 23.1 Å². The van der Waals surface area contributed by atoms with Gasteiger partial charge in [0.2, 0.25) is 5.91 Å². The number of aryl methyl sites for hydroxylation is 1. The third-order valence-electron chi connectivity index (χ3n) is 2.67. The van der Waals surface area contributed by atoms with Crippen LogP contribution >= 0.6 is 0 Å². The third kappa shape index (κ3) is 2.40. The third-order valence-corrected chi connectivity index (χ3v) is 2.67. The lowest BCUT2D eigenvalue weighted by atomic mass is 10.0. The number of carbonyl (C=O) groups excluding carboxylic acids is 1. The lowest BCUT2D eigenvalue weighted by Crippen LogP contribution is -2.40. The van der Waals surface area contributed by atoms with Crippen molar-refractivity contribution >= 4 is 5.91 Å². The van der Waals surface area contributed by atoms with Crippen LogP contribution in [0.4, 0.5) is 0 Å². The molecule has 2 rings (SSSR count). The Hall–Kier alpha value is -1.40. The number of aromatic nitrogens is 2. The number of nitrogens with one attached hydrogen (secondary N) is 1. The van der Waals surface area contributed by atoms with E-state index in [1.54, 1.807) is 4.68 Å². The van der Waals surface area contributed by atoms with Crippen molar-refractivity contribution in [3.8, 4) is 0 Å². The number of hydrogen-bond donors (Lipinski definition) is 2. The van der Waals surface area contributed by atoms with Gasteiger partial charge in [-0.05, 0) is 6.07 Å². The Morgan fingerprint density at radius 2 is 2.56 bits per heavy atom. The molecule has 0 bridgehead atoms. The fourth-order valence-corrected chi connectivity index (χ4v) is 1.71. The molecular weight excluding hydrogens is 208 g/mol. The normalized spacial score (nSPS) is 24.6. The largest absolute Gasteiger partial charge is 0.379 e. The summed E-state index contributed by atoms with van der Waals surface area (Å²) in [6.45, 7) is 1.31. The molecule has 1 amide bonds. The predicted molar refractivity (Wildman–Crippen MR) is 57.3 cm³/mol. The summed E-state index contributed by atoms with van der Waals surface area (Å²) < 4.78 is 6.84. The van der Waals surface area contributed by atoms with Crippen LogP contribution in [0.25, 0.3) is 0 Å². The first-order valence-electron chi connectivity index (χ1n) is 5.26. The minimum Gasteiger partial charge on any atom is -0.379 e. The molecule has 2 heterocycles. The summed E-state index contributed by atoms with van der Waals surface area (Å²) in [6, 6.07) is 1.68. The first-order chi connectivity index (χ1) is 7.66. The molecule has 1 fully saturated rings. The molecule has 0 saturated carbocycles. The van der Waals surface area contributed by atoms with Gasteiger partial charge in [-0.2, -0.15) is 5.10 Å². The van der Waals surface area contributed by atoms with Crippen molar-refractivity contribution in [2.24, 2.45) is 18.7 Å². The fraction of sp³-hybridized carbons (Fsp3) is 0.600. The highest BCUT2D eigenvalue weighted by atomic mass is 16.5. The Morgan fingerprint density at radius 1 is 1.75 bits per heavy atom. The number of carbonyl (C=O) groups is 1. The summed E-state index contributed by atoms with van der Waals surface area (Å²) in [7, 11) is 1.84. The Kier molecular flexibility index (Phi) is 3.21. The van der Waals surface area contributed by atoms with Crippen LogP contribution in [0.5, 0.6) is 0 Å². The minimum absolute atomic E-state index is 0.0596. The van der Waals surface area contributed by atoms with E-state index in [1.165, 1.54) is 0 Å². The van der Waals surface area contributed by atoms with Gasteiger partial charge in [-0.1, -0.05) is 0 Å². The van der Waals surface area contributed by atoms with E-state index in [-0.39, 0.29) is 17.9 Å². The molecule has 2 unspecified atom stereocenters. The first kappa shape index (κ1) is 11.1. The van der Waals surface area contributed by atoms with Crippen LogP contribution in [0, 0.1) is 5.92 Å². The monoisotopic (exact) mass is 224 g/mol. The second kappa shape index (κ2) is 4.63. The van der Waals surface area contributed by atoms with Gasteiger partial charge < -0.3 is 15.8 Å². The molecule has 1 saturated heterocycles. The number of ether oxygens (including phenoxy) is 1. The first-order valence-corrected chi connectivity index (χ1v) is 5.26. The maximum Gasteiger partial charge on any atom is 0.227 e. The zero-order valence-electron chi connectivity index (χ0n) is 9.22. The van der Waals surface area contributed by atoms with E-state index in [9.17, 15) is 4.79 Å². The van der Waals surface area contributed by atoms with Gasteiger partial charge >= 0.3 is 0 Å². The minimum atomic E-state index is -0.233. The van der Waals surface area contributed by atoms with Crippen LogP contribution in [0.3, 0.4) is 0 Å². The SMILES string of the molecule is Cn1ccc(CNC(=O)C2COCC2N)n1. The number of amides is 1. The van der Waals surface area contributed by atoms with Crippen molar-refractivity contribution in [2.75, 3.05) is 13.2 Å². The molecule has 0 aromatic carbocycles. The van der Waals surface area contributed by atoms with Gasteiger partial charge in [-0.3, -0.25) is 9.48 Å². The van der Waals surface area contributed by atoms with E-state index in [0.29, 0.717) is 19.8 Å². The van der Waals surface area contributed by atoms with Crippen LogP contribution in [0.1, 0.15) is 5.69 Å². The maximum absolute atomic E-state index is 11.7. The molecule has 3 N–H and O–H groups in total. The second-order valence-corrected chi connectivity index (χ2v) is 4.01. The van der Waals surface area contributed by atoms with Gasteiger partial charge in [0, 0.05) is 19.3 Å². The molecule has 16 heavy (non-hydrogen) atoms. The number of rotatable bonds is 3. The van der Waals surface area contributed by atoms with E-state index in [4.69, 9.17) is 10.5 Å². The van der Waals surface area contributed by atoms with E-state index < -0.39 is 0 Å². The van der Waals surface area contributed by atoms with E-state index in [1.807, 2.05) is 19.3 Å². The van der Waals surface area contributed by atoms with Gasteiger partial charge in [-0.25, -0.2) is 0 Å². The van der Waals surface area contributed by atoms with E-state index in [2.05, 4.69) is 10.4 Å². The summed E-state index contributed by atoms with van der Waals surface area (Å²) >= 11 is 0. The molecule has 2 atom stereocenters. The Labute approximate surface area is 93.8 Å². The summed E-state index contributed by atoms with van der Waals surface area (Å²) in [5, 5.41) is 6.98. The Morgan fingerprint density at radius 3 is 3.12 bits per heavy atom. The highest BCUT2D eigenvalue weighted by molar-refractivity contribution is 5.79. The molecule has 0 spiro atoms. The standard InChI is InChI=1S/C10H16N4O2/c1-14-3-2-7(13-14)4-12-10(15)8-5-16-6-9(8)11/h2-3,8-9H,4-6,11H2,1H3,(H,12,15). The summed E-state index contributed by atoms with van der Waals surface area (Å²) in [5.74, 6) is -0.292. The van der Waals surface area contributed by atoms with Gasteiger partial charge in [0.1, 0.15) is 0 Å². The lowest BCUT2D eigenvalue weighted by Gasteiger charge is -2.12. The lowest BCUT2D eigenvalue weighted by molar-refractivity contribution is -0.125. The van der Waals surface area contributed by atoms with Gasteiger partial charge in [-0.15, -0.1) is 0 Å². The van der Waals surface area contributed by atoms with E-state index >= 15 is 0 Å². The van der Waals surface area contributed by atoms with Crippen molar-refractivity contribution in [3.05, 3.63) is 18.0 Å². The zero-order chi connectivity index (χ0) is 11.5. The molecule has 1 aliphatic rings. The Balaban J connectivity index is 1.83. The topological polar surface area (TPSA) is 82.2 Å². The molecular formula is C10H16N4O2. The van der Waals surface area contributed by atoms with Gasteiger partial charge in [0.15, 0.2) is 0 Å². The number of hydrogen-bond acceptors (Lipinski definition) is 4. The number of nitrogens with zero attached hydrogens (tertiary/aromatic N) is 2. The highest BCUT2D eigenvalue weighted by Crippen LogP contribution is 2.11. The van der Waals surface area contributed by atoms with Crippen molar-refractivity contribution in [3.63, 3.8) is 0 Å². The molecule has 88 valence electrons.